The summed E-state index contributed by atoms with van der Waals surface area (Å²) < 4.78 is 24.7. The van der Waals surface area contributed by atoms with Gasteiger partial charge < -0.3 is 9.80 Å². The maximum atomic E-state index is 12.3. The first-order valence-corrected chi connectivity index (χ1v) is 9.59. The van der Waals surface area contributed by atoms with Gasteiger partial charge in [0.2, 0.25) is 5.91 Å². The molecule has 0 bridgehead atoms. The van der Waals surface area contributed by atoms with Crippen LogP contribution in [0.25, 0.3) is 0 Å². The van der Waals surface area contributed by atoms with Gasteiger partial charge in [0.15, 0.2) is 9.84 Å². The van der Waals surface area contributed by atoms with Crippen LogP contribution in [0.2, 0.25) is 0 Å². The van der Waals surface area contributed by atoms with Crippen molar-refractivity contribution in [1.82, 2.24) is 9.80 Å². The van der Waals surface area contributed by atoms with Gasteiger partial charge in [-0.05, 0) is 25.3 Å². The molecule has 0 spiro atoms. The topological polar surface area (TPSA) is 57.7 Å². The molecule has 2 aliphatic heterocycles. The molecule has 0 aliphatic carbocycles. The minimum atomic E-state index is -3.04. The quantitative estimate of drug-likeness (QED) is 0.772. The van der Waals surface area contributed by atoms with E-state index in [-0.39, 0.29) is 28.7 Å². The van der Waals surface area contributed by atoms with Gasteiger partial charge in [-0.3, -0.25) is 4.79 Å². The number of rotatable bonds is 4. The van der Waals surface area contributed by atoms with Crippen LogP contribution in [0.3, 0.4) is 0 Å². The third kappa shape index (κ3) is 3.59. The van der Waals surface area contributed by atoms with Crippen LogP contribution in [-0.4, -0.2) is 68.9 Å². The Morgan fingerprint density at radius 2 is 1.95 bits per heavy atom. The molecule has 0 aromatic carbocycles. The molecule has 0 saturated carbocycles. The third-order valence-corrected chi connectivity index (χ3v) is 7.08. The van der Waals surface area contributed by atoms with Gasteiger partial charge in [0.25, 0.3) is 0 Å². The fourth-order valence-electron chi connectivity index (χ4n) is 3.56. The van der Waals surface area contributed by atoms with Crippen molar-refractivity contribution in [1.29, 1.82) is 0 Å². The van der Waals surface area contributed by atoms with Gasteiger partial charge in [0.1, 0.15) is 0 Å². The number of hydrogen-bond donors (Lipinski definition) is 0. The third-order valence-electron chi connectivity index (χ3n) is 4.86. The first-order valence-electron chi connectivity index (χ1n) is 7.87. The van der Waals surface area contributed by atoms with E-state index in [2.05, 4.69) is 18.7 Å². The molecule has 6 heteroatoms. The molecule has 3 atom stereocenters. The second-order valence-corrected chi connectivity index (χ2v) is 9.48. The monoisotopic (exact) mass is 316 g/mol. The number of nitrogens with zero attached hydrogens (tertiary/aromatic N) is 2. The van der Waals surface area contributed by atoms with E-state index in [4.69, 9.17) is 0 Å². The number of hydrogen-bond acceptors (Lipinski definition) is 4. The number of fused-ring (bicyclic) bond motifs is 1. The van der Waals surface area contributed by atoms with E-state index in [0.717, 1.165) is 19.5 Å². The summed E-state index contributed by atoms with van der Waals surface area (Å²) in [6.45, 7) is 6.65. The molecule has 2 rings (SSSR count). The smallest absolute Gasteiger partial charge is 0.225 e. The summed E-state index contributed by atoms with van der Waals surface area (Å²) >= 11 is 0. The van der Waals surface area contributed by atoms with Gasteiger partial charge in [0, 0.05) is 39.0 Å². The van der Waals surface area contributed by atoms with E-state index in [9.17, 15) is 13.2 Å². The fraction of sp³-hybridized carbons (Fsp3) is 0.933. The molecule has 21 heavy (non-hydrogen) atoms. The SMILES string of the molecule is CC(C)CCN1C[C@H]2[C@H](C(=O)N(C)C)CCS(=O)(=O)[C@H]2C1. The summed E-state index contributed by atoms with van der Waals surface area (Å²) in [7, 11) is 0.475. The zero-order valence-electron chi connectivity index (χ0n) is 13.6. The first-order chi connectivity index (χ1) is 9.72. The highest BCUT2D eigenvalue weighted by atomic mass is 32.2. The summed E-state index contributed by atoms with van der Waals surface area (Å²) in [5.74, 6) is 0.716. The largest absolute Gasteiger partial charge is 0.349 e. The van der Waals surface area contributed by atoms with Crippen LogP contribution in [0.5, 0.6) is 0 Å². The highest BCUT2D eigenvalue weighted by Gasteiger charge is 2.50. The van der Waals surface area contributed by atoms with Gasteiger partial charge in [-0.2, -0.15) is 0 Å². The Kier molecular flexibility index (Phi) is 4.98. The molecule has 1 amide bonds. The second kappa shape index (κ2) is 6.24. The van der Waals surface area contributed by atoms with Crippen LogP contribution in [0.15, 0.2) is 0 Å². The number of sulfone groups is 1. The lowest BCUT2D eigenvalue weighted by atomic mass is 9.87. The molecule has 0 unspecified atom stereocenters. The average Bonchev–Trinajstić information content (AvgIpc) is 2.81. The predicted molar refractivity (Wildman–Crippen MR) is 83.8 cm³/mol. The maximum absolute atomic E-state index is 12.3. The second-order valence-electron chi connectivity index (χ2n) is 7.14. The van der Waals surface area contributed by atoms with Gasteiger partial charge in [-0.25, -0.2) is 8.42 Å². The fourth-order valence-corrected chi connectivity index (χ4v) is 5.70. The van der Waals surface area contributed by atoms with Crippen molar-refractivity contribution >= 4 is 15.7 Å². The highest BCUT2D eigenvalue weighted by Crippen LogP contribution is 2.37. The molecular weight excluding hydrogens is 288 g/mol. The molecule has 2 aliphatic rings. The van der Waals surface area contributed by atoms with Crippen molar-refractivity contribution in [3.05, 3.63) is 0 Å². The van der Waals surface area contributed by atoms with Crippen molar-refractivity contribution in [3.63, 3.8) is 0 Å². The highest BCUT2D eigenvalue weighted by molar-refractivity contribution is 7.92. The molecule has 0 aromatic heterocycles. The Morgan fingerprint density at radius 3 is 2.52 bits per heavy atom. The van der Waals surface area contributed by atoms with E-state index < -0.39 is 9.84 Å². The Morgan fingerprint density at radius 1 is 1.29 bits per heavy atom. The average molecular weight is 316 g/mol. The van der Waals surface area contributed by atoms with E-state index in [0.29, 0.717) is 18.9 Å². The Bertz CT molecular complexity index is 487. The zero-order valence-corrected chi connectivity index (χ0v) is 14.4. The van der Waals surface area contributed by atoms with Crippen molar-refractivity contribution < 1.29 is 13.2 Å². The molecule has 5 nitrogen and oxygen atoms in total. The summed E-state index contributed by atoms with van der Waals surface area (Å²) in [6.07, 6.45) is 1.56. The number of likely N-dealkylation sites (tertiary alicyclic amines) is 1. The Hall–Kier alpha value is -0.620. The lowest BCUT2D eigenvalue weighted by Crippen LogP contribution is -2.46. The molecule has 0 N–H and O–H groups in total. The van der Waals surface area contributed by atoms with Crippen LogP contribution in [0, 0.1) is 17.8 Å². The van der Waals surface area contributed by atoms with E-state index in [1.807, 2.05) is 0 Å². The molecule has 0 radical (unpaired) electrons. The van der Waals surface area contributed by atoms with E-state index in [1.165, 1.54) is 0 Å². The summed E-state index contributed by atoms with van der Waals surface area (Å²) in [5.41, 5.74) is 0. The summed E-state index contributed by atoms with van der Waals surface area (Å²) in [6, 6.07) is 0. The van der Waals surface area contributed by atoms with Gasteiger partial charge in [-0.15, -0.1) is 0 Å². The van der Waals surface area contributed by atoms with Crippen molar-refractivity contribution in [2.24, 2.45) is 17.8 Å². The molecule has 0 aromatic rings. The lowest BCUT2D eigenvalue weighted by molar-refractivity contribution is -0.134. The van der Waals surface area contributed by atoms with Crippen LogP contribution in [0.4, 0.5) is 0 Å². The standard InChI is InChI=1S/C15H28N2O3S/c1-11(2)5-7-17-9-13-12(15(18)16(3)4)6-8-21(19,20)14(13)10-17/h11-14H,5-10H2,1-4H3/t12-,13+,14+/m1/s1. The van der Waals surface area contributed by atoms with Crippen LogP contribution < -0.4 is 0 Å². The molecule has 2 heterocycles. The van der Waals surface area contributed by atoms with Crippen molar-refractivity contribution in [2.45, 2.75) is 31.9 Å². The lowest BCUT2D eigenvalue weighted by Gasteiger charge is -2.33. The minimum absolute atomic E-state index is 0.0224. The maximum Gasteiger partial charge on any atom is 0.225 e. The van der Waals surface area contributed by atoms with Crippen LogP contribution in [0.1, 0.15) is 26.7 Å². The predicted octanol–water partition coefficient (Wildman–Crippen LogP) is 0.856. The van der Waals surface area contributed by atoms with Gasteiger partial charge in [0.05, 0.1) is 11.0 Å². The van der Waals surface area contributed by atoms with Crippen LogP contribution >= 0.6 is 0 Å². The van der Waals surface area contributed by atoms with E-state index >= 15 is 0 Å². The molecular formula is C15H28N2O3S. The van der Waals surface area contributed by atoms with Crippen molar-refractivity contribution in [2.75, 3.05) is 39.5 Å². The normalized spacial score (nSPS) is 32.1. The van der Waals surface area contributed by atoms with Gasteiger partial charge >= 0.3 is 0 Å². The van der Waals surface area contributed by atoms with Crippen molar-refractivity contribution in [3.8, 4) is 0 Å². The molecule has 2 saturated heterocycles. The van der Waals surface area contributed by atoms with Gasteiger partial charge in [-0.1, -0.05) is 13.8 Å². The summed E-state index contributed by atoms with van der Waals surface area (Å²) in [5, 5.41) is -0.340. The zero-order chi connectivity index (χ0) is 15.8. The molecule has 122 valence electrons. The molecule has 2 fully saturated rings. The van der Waals surface area contributed by atoms with Crippen LogP contribution in [-0.2, 0) is 14.6 Å². The number of carbonyl (C=O) groups excluding carboxylic acids is 1. The first kappa shape index (κ1) is 16.7. The number of amides is 1. The Balaban J connectivity index is 2.13. The Labute approximate surface area is 128 Å². The minimum Gasteiger partial charge on any atom is -0.349 e. The summed E-state index contributed by atoms with van der Waals surface area (Å²) in [4.78, 5) is 16.2. The number of carbonyl (C=O) groups is 1. The van der Waals surface area contributed by atoms with E-state index in [1.54, 1.807) is 19.0 Å².